The Bertz CT molecular complexity index is 1000. The van der Waals surface area contributed by atoms with Gasteiger partial charge in [-0.05, 0) is 63.5 Å². The van der Waals surface area contributed by atoms with Crippen molar-refractivity contribution in [3.05, 3.63) is 59.2 Å². The molecule has 1 nitrogen and oxygen atoms in total. The molecule has 3 rings (SSSR count). The summed E-state index contributed by atoms with van der Waals surface area (Å²) >= 11 is 5.47. The van der Waals surface area contributed by atoms with E-state index in [4.69, 9.17) is 11.6 Å². The van der Waals surface area contributed by atoms with Crippen molar-refractivity contribution in [1.82, 2.24) is 0 Å². The Hall–Kier alpha value is -2.28. The van der Waals surface area contributed by atoms with Crippen LogP contribution in [0.15, 0.2) is 42.5 Å². The van der Waals surface area contributed by atoms with Crippen LogP contribution in [-0.4, -0.2) is 5.24 Å². The predicted molar refractivity (Wildman–Crippen MR) is 81.6 cm³/mol. The van der Waals surface area contributed by atoms with Gasteiger partial charge in [0.1, 0.15) is 0 Å². The van der Waals surface area contributed by atoms with Crippen LogP contribution in [0.1, 0.15) is 21.5 Å². The lowest BCUT2D eigenvalue weighted by molar-refractivity contribution is -0.138. The number of carbonyl (C=O) groups is 1. The van der Waals surface area contributed by atoms with Gasteiger partial charge in [0, 0.05) is 5.56 Å². The summed E-state index contributed by atoms with van der Waals surface area (Å²) in [5, 5.41) is -0.838. The van der Waals surface area contributed by atoms with Crippen molar-refractivity contribution in [3.8, 4) is 0 Å². The maximum absolute atomic E-state index is 13.0. The molecule has 0 bridgehead atoms. The number of rotatable bonds is 1. The van der Waals surface area contributed by atoms with Gasteiger partial charge in [0.05, 0.1) is 11.1 Å². The van der Waals surface area contributed by atoms with Crippen molar-refractivity contribution < 1.29 is 31.1 Å². The van der Waals surface area contributed by atoms with Gasteiger partial charge in [-0.3, -0.25) is 4.79 Å². The summed E-state index contributed by atoms with van der Waals surface area (Å²) in [5.41, 5.74) is -2.10. The van der Waals surface area contributed by atoms with E-state index >= 15 is 0 Å². The summed E-state index contributed by atoms with van der Waals surface area (Å²) in [5.74, 6) is 0. The molecule has 0 heterocycles. The molecule has 0 fully saturated rings. The lowest BCUT2D eigenvalue weighted by Gasteiger charge is -2.13. The Balaban J connectivity index is 2.47. The fourth-order valence-electron chi connectivity index (χ4n) is 2.67. The topological polar surface area (TPSA) is 17.1 Å². The minimum Gasteiger partial charge on any atom is -0.276 e. The quantitative estimate of drug-likeness (QED) is 0.272. The second kappa shape index (κ2) is 5.62. The Morgan fingerprint density at radius 2 is 1.24 bits per heavy atom. The normalized spacial score (nSPS) is 12.8. The van der Waals surface area contributed by atoms with Crippen molar-refractivity contribution in [1.29, 1.82) is 0 Å². The molecule has 0 amide bonds. The smallest absolute Gasteiger partial charge is 0.276 e. The average molecular weight is 377 g/mol. The highest BCUT2D eigenvalue weighted by Crippen LogP contribution is 2.38. The summed E-state index contributed by atoms with van der Waals surface area (Å²) in [4.78, 5) is 11.6. The van der Waals surface area contributed by atoms with Crippen LogP contribution in [0.4, 0.5) is 26.3 Å². The lowest BCUT2D eigenvalue weighted by atomic mass is 9.94. The van der Waals surface area contributed by atoms with E-state index in [9.17, 15) is 31.1 Å². The van der Waals surface area contributed by atoms with Gasteiger partial charge in [-0.2, -0.15) is 26.3 Å². The van der Waals surface area contributed by atoms with Gasteiger partial charge in [0.15, 0.2) is 0 Å². The molecule has 0 aromatic heterocycles. The van der Waals surface area contributed by atoms with Crippen molar-refractivity contribution in [3.63, 3.8) is 0 Å². The summed E-state index contributed by atoms with van der Waals surface area (Å²) in [7, 11) is 0. The first-order valence-electron chi connectivity index (χ1n) is 6.83. The number of alkyl halides is 6. The first kappa shape index (κ1) is 17.5. The predicted octanol–water partition coefficient (Wildman–Crippen LogP) is 6.41. The molecule has 0 aliphatic carbocycles. The third kappa shape index (κ3) is 3.16. The summed E-state index contributed by atoms with van der Waals surface area (Å²) in [6.45, 7) is 0. The Labute approximate surface area is 141 Å². The van der Waals surface area contributed by atoms with Crippen LogP contribution in [0.2, 0.25) is 0 Å². The molecule has 0 saturated heterocycles. The van der Waals surface area contributed by atoms with Crippen LogP contribution in [0.5, 0.6) is 0 Å². The largest absolute Gasteiger partial charge is 0.416 e. The standard InChI is InChI=1S/C17H7ClF6O/c18-15(25)14-5-8-1-2-9(16(19,20)21)6-12(8)13-7-10(17(22,23)24)3-4-11(13)14/h1-7H. The van der Waals surface area contributed by atoms with Crippen LogP contribution < -0.4 is 0 Å². The Morgan fingerprint density at radius 3 is 1.76 bits per heavy atom. The van der Waals surface area contributed by atoms with Crippen LogP contribution in [0.3, 0.4) is 0 Å². The van der Waals surface area contributed by atoms with Crippen molar-refractivity contribution >= 4 is 38.4 Å². The van der Waals surface area contributed by atoms with Gasteiger partial charge < -0.3 is 0 Å². The molecular weight excluding hydrogens is 370 g/mol. The number of fused-ring (bicyclic) bond motifs is 3. The van der Waals surface area contributed by atoms with Gasteiger partial charge in [-0.15, -0.1) is 0 Å². The molecule has 0 aliphatic heterocycles. The molecule has 3 aromatic rings. The second-order valence-corrected chi connectivity index (χ2v) is 5.73. The van der Waals surface area contributed by atoms with Crippen LogP contribution >= 0.6 is 11.6 Å². The first-order chi connectivity index (χ1) is 11.5. The fourth-order valence-corrected chi connectivity index (χ4v) is 2.82. The lowest BCUT2D eigenvalue weighted by Crippen LogP contribution is -2.06. The van der Waals surface area contributed by atoms with Gasteiger partial charge in [-0.1, -0.05) is 12.1 Å². The highest BCUT2D eigenvalue weighted by Gasteiger charge is 2.32. The van der Waals surface area contributed by atoms with Crippen molar-refractivity contribution in [2.75, 3.05) is 0 Å². The van der Waals surface area contributed by atoms with Crippen LogP contribution in [0, 0.1) is 0 Å². The van der Waals surface area contributed by atoms with Crippen molar-refractivity contribution in [2.24, 2.45) is 0 Å². The second-order valence-electron chi connectivity index (χ2n) is 5.39. The molecule has 0 spiro atoms. The van der Waals surface area contributed by atoms with Gasteiger partial charge in [0.2, 0.25) is 0 Å². The van der Waals surface area contributed by atoms with Crippen LogP contribution in [0.25, 0.3) is 21.5 Å². The third-order valence-corrected chi connectivity index (χ3v) is 4.02. The zero-order chi connectivity index (χ0) is 18.6. The van der Waals surface area contributed by atoms with Gasteiger partial charge >= 0.3 is 12.4 Å². The molecular formula is C17H7ClF6O. The molecule has 25 heavy (non-hydrogen) atoms. The minimum absolute atomic E-state index is 0.0439. The van der Waals surface area contributed by atoms with Crippen molar-refractivity contribution in [2.45, 2.75) is 12.4 Å². The molecule has 8 heteroatoms. The zero-order valence-electron chi connectivity index (χ0n) is 12.1. The molecule has 0 atom stereocenters. The highest BCUT2D eigenvalue weighted by atomic mass is 35.5. The van der Waals surface area contributed by atoms with Gasteiger partial charge in [-0.25, -0.2) is 0 Å². The van der Waals surface area contributed by atoms with Gasteiger partial charge in [0.25, 0.3) is 5.24 Å². The SMILES string of the molecule is O=C(Cl)c1cc2ccc(C(F)(F)F)cc2c2cc(C(F)(F)F)ccc12. The molecule has 0 radical (unpaired) electrons. The zero-order valence-corrected chi connectivity index (χ0v) is 12.9. The van der Waals surface area contributed by atoms with E-state index in [0.29, 0.717) is 0 Å². The molecule has 0 N–H and O–H groups in total. The average Bonchev–Trinajstić information content (AvgIpc) is 2.51. The molecule has 0 aliphatic rings. The number of halogens is 7. The molecule has 3 aromatic carbocycles. The van der Waals surface area contributed by atoms with E-state index in [1.165, 1.54) is 6.07 Å². The van der Waals surface area contributed by atoms with E-state index in [0.717, 1.165) is 36.4 Å². The molecule has 0 unspecified atom stereocenters. The van der Waals surface area contributed by atoms with E-state index in [1.807, 2.05) is 0 Å². The van der Waals surface area contributed by atoms with E-state index in [-0.39, 0.29) is 27.1 Å². The highest BCUT2D eigenvalue weighted by molar-refractivity contribution is 6.68. The number of carbonyl (C=O) groups excluding carboxylic acids is 1. The number of hydrogen-bond acceptors (Lipinski definition) is 1. The Kier molecular flexibility index (Phi) is 3.95. The number of hydrogen-bond donors (Lipinski definition) is 0. The maximum Gasteiger partial charge on any atom is 0.416 e. The minimum atomic E-state index is -4.68. The van der Waals surface area contributed by atoms with E-state index < -0.39 is 28.7 Å². The first-order valence-corrected chi connectivity index (χ1v) is 7.21. The van der Waals surface area contributed by atoms with E-state index in [2.05, 4.69) is 0 Å². The molecule has 130 valence electrons. The summed E-state index contributed by atoms with van der Waals surface area (Å²) in [6.07, 6.45) is -9.33. The fraction of sp³-hybridized carbons (Fsp3) is 0.118. The van der Waals surface area contributed by atoms with Crippen LogP contribution in [-0.2, 0) is 12.4 Å². The summed E-state index contributed by atoms with van der Waals surface area (Å²) in [6, 6.07) is 6.44. The third-order valence-electron chi connectivity index (χ3n) is 3.82. The Morgan fingerprint density at radius 1 is 0.720 bits per heavy atom. The molecule has 0 saturated carbocycles. The van der Waals surface area contributed by atoms with E-state index in [1.54, 1.807) is 0 Å². The monoisotopic (exact) mass is 376 g/mol. The maximum atomic E-state index is 13.0. The number of benzene rings is 3. The summed E-state index contributed by atoms with van der Waals surface area (Å²) < 4.78 is 77.7.